The van der Waals surface area contributed by atoms with Gasteiger partial charge in [-0.2, -0.15) is 5.10 Å². The molecule has 1 aromatic carbocycles. The Hall–Kier alpha value is -2.14. The highest BCUT2D eigenvalue weighted by Crippen LogP contribution is 2.26. The molecule has 0 saturated carbocycles. The van der Waals surface area contributed by atoms with Crippen LogP contribution in [-0.4, -0.2) is 46.3 Å². The lowest BCUT2D eigenvalue weighted by atomic mass is 10.0. The molecule has 2 aromatic rings. The molecule has 2 aliphatic rings. The van der Waals surface area contributed by atoms with Crippen molar-refractivity contribution in [1.29, 1.82) is 0 Å². The summed E-state index contributed by atoms with van der Waals surface area (Å²) >= 11 is 0. The number of aromatic nitrogens is 2. The Morgan fingerprint density at radius 3 is 2.59 bits per heavy atom. The van der Waals surface area contributed by atoms with E-state index in [9.17, 15) is 4.79 Å². The first-order valence-corrected chi connectivity index (χ1v) is 10.5. The molecule has 0 bridgehead atoms. The number of piperidine rings is 1. The lowest BCUT2D eigenvalue weighted by Gasteiger charge is -2.31. The first-order chi connectivity index (χ1) is 13.3. The third kappa shape index (κ3) is 3.93. The Bertz CT molecular complexity index is 775. The molecule has 0 atom stereocenters. The van der Waals surface area contributed by atoms with Gasteiger partial charge in [0.1, 0.15) is 0 Å². The van der Waals surface area contributed by atoms with E-state index < -0.39 is 0 Å². The molecular formula is C22H30N4O. The van der Waals surface area contributed by atoms with Crippen LogP contribution in [0.4, 0.5) is 0 Å². The maximum absolute atomic E-state index is 13.1. The molecule has 1 amide bonds. The van der Waals surface area contributed by atoms with Crippen LogP contribution in [0.3, 0.4) is 0 Å². The predicted molar refractivity (Wildman–Crippen MR) is 107 cm³/mol. The molecule has 5 nitrogen and oxygen atoms in total. The molecule has 1 saturated heterocycles. The van der Waals surface area contributed by atoms with Crippen LogP contribution in [0.5, 0.6) is 0 Å². The number of benzene rings is 1. The van der Waals surface area contributed by atoms with Crippen LogP contribution in [0.1, 0.15) is 60.8 Å². The van der Waals surface area contributed by atoms with Crippen molar-refractivity contribution in [2.75, 3.05) is 19.6 Å². The van der Waals surface area contributed by atoms with Crippen LogP contribution in [-0.2, 0) is 12.8 Å². The van der Waals surface area contributed by atoms with E-state index >= 15 is 0 Å². The first-order valence-electron chi connectivity index (χ1n) is 10.5. The predicted octanol–water partition coefficient (Wildman–Crippen LogP) is 3.36. The number of nitrogens with zero attached hydrogens (tertiary/aromatic N) is 3. The fourth-order valence-corrected chi connectivity index (χ4v) is 4.39. The minimum absolute atomic E-state index is 0.0118. The van der Waals surface area contributed by atoms with Crippen LogP contribution in [0.2, 0.25) is 0 Å². The van der Waals surface area contributed by atoms with Gasteiger partial charge in [-0.3, -0.25) is 4.79 Å². The Kier molecular flexibility index (Phi) is 5.58. The first kappa shape index (κ1) is 18.2. The van der Waals surface area contributed by atoms with Crippen molar-refractivity contribution in [3.05, 3.63) is 47.3 Å². The van der Waals surface area contributed by atoms with E-state index in [2.05, 4.69) is 29.3 Å². The average molecular weight is 367 g/mol. The van der Waals surface area contributed by atoms with Gasteiger partial charge in [0.25, 0.3) is 5.91 Å². The Labute approximate surface area is 161 Å². The van der Waals surface area contributed by atoms with E-state index in [0.717, 1.165) is 57.4 Å². The number of fused-ring (bicyclic) bond motifs is 1. The van der Waals surface area contributed by atoms with Crippen LogP contribution >= 0.6 is 0 Å². The molecule has 1 fully saturated rings. The zero-order chi connectivity index (χ0) is 18.6. The average Bonchev–Trinajstić information content (AvgIpc) is 2.90. The Morgan fingerprint density at radius 2 is 1.85 bits per heavy atom. The van der Waals surface area contributed by atoms with Crippen LogP contribution in [0.25, 0.3) is 5.69 Å². The summed E-state index contributed by atoms with van der Waals surface area (Å²) in [5, 5.41) is 8.07. The summed E-state index contributed by atoms with van der Waals surface area (Å²) in [6.45, 7) is 5.43. The molecule has 5 heteroatoms. The SMILES string of the molecule is CCN1CCC(NC(=O)c2nn(-c3ccccc3)c3c2CCCCC3)CC1. The maximum Gasteiger partial charge on any atom is 0.272 e. The summed E-state index contributed by atoms with van der Waals surface area (Å²) in [5.41, 5.74) is 4.09. The number of amides is 1. The third-order valence-corrected chi connectivity index (χ3v) is 6.02. The van der Waals surface area contributed by atoms with Crippen molar-refractivity contribution in [3.8, 4) is 5.69 Å². The summed E-state index contributed by atoms with van der Waals surface area (Å²) in [6.07, 6.45) is 7.55. The van der Waals surface area contributed by atoms with E-state index in [4.69, 9.17) is 5.10 Å². The van der Waals surface area contributed by atoms with Crippen molar-refractivity contribution in [3.63, 3.8) is 0 Å². The highest BCUT2D eigenvalue weighted by molar-refractivity contribution is 5.94. The summed E-state index contributed by atoms with van der Waals surface area (Å²) < 4.78 is 2.01. The van der Waals surface area contributed by atoms with Crippen molar-refractivity contribution < 1.29 is 4.79 Å². The molecule has 1 aromatic heterocycles. The van der Waals surface area contributed by atoms with E-state index in [1.807, 2.05) is 22.9 Å². The summed E-state index contributed by atoms with van der Waals surface area (Å²) in [5.74, 6) is 0.0118. The lowest BCUT2D eigenvalue weighted by molar-refractivity contribution is 0.0906. The van der Waals surface area contributed by atoms with Gasteiger partial charge in [0.2, 0.25) is 0 Å². The number of hydrogen-bond acceptors (Lipinski definition) is 3. The maximum atomic E-state index is 13.1. The van der Waals surface area contributed by atoms with Crippen molar-refractivity contribution >= 4 is 5.91 Å². The number of nitrogens with one attached hydrogen (secondary N) is 1. The summed E-state index contributed by atoms with van der Waals surface area (Å²) in [4.78, 5) is 15.5. The third-order valence-electron chi connectivity index (χ3n) is 6.02. The minimum Gasteiger partial charge on any atom is -0.348 e. The van der Waals surface area contributed by atoms with Gasteiger partial charge in [0, 0.05) is 30.4 Å². The normalized spacial score (nSPS) is 18.7. The molecule has 1 aliphatic heterocycles. The highest BCUT2D eigenvalue weighted by Gasteiger charge is 2.27. The van der Waals surface area contributed by atoms with Crippen molar-refractivity contribution in [2.24, 2.45) is 0 Å². The van der Waals surface area contributed by atoms with E-state index in [-0.39, 0.29) is 11.9 Å². The fraction of sp³-hybridized carbons (Fsp3) is 0.545. The van der Waals surface area contributed by atoms with Gasteiger partial charge >= 0.3 is 0 Å². The van der Waals surface area contributed by atoms with Gasteiger partial charge in [0.05, 0.1) is 5.69 Å². The number of hydrogen-bond donors (Lipinski definition) is 1. The second kappa shape index (κ2) is 8.26. The molecule has 4 rings (SSSR count). The second-order valence-electron chi connectivity index (χ2n) is 7.76. The highest BCUT2D eigenvalue weighted by atomic mass is 16.2. The van der Waals surface area contributed by atoms with E-state index in [0.29, 0.717) is 5.69 Å². The molecule has 144 valence electrons. The minimum atomic E-state index is 0.0118. The van der Waals surface area contributed by atoms with E-state index in [1.54, 1.807) is 0 Å². The van der Waals surface area contributed by atoms with E-state index in [1.165, 1.54) is 24.1 Å². The number of carbonyl (C=O) groups is 1. The largest absolute Gasteiger partial charge is 0.348 e. The zero-order valence-corrected chi connectivity index (χ0v) is 16.3. The molecule has 0 unspecified atom stereocenters. The zero-order valence-electron chi connectivity index (χ0n) is 16.3. The second-order valence-corrected chi connectivity index (χ2v) is 7.76. The molecule has 1 N–H and O–H groups in total. The number of rotatable bonds is 4. The van der Waals surface area contributed by atoms with Crippen LogP contribution < -0.4 is 5.32 Å². The van der Waals surface area contributed by atoms with Gasteiger partial charge in [0.15, 0.2) is 5.69 Å². The smallest absolute Gasteiger partial charge is 0.272 e. The molecular weight excluding hydrogens is 336 g/mol. The Morgan fingerprint density at radius 1 is 1.11 bits per heavy atom. The van der Waals surface area contributed by atoms with Gasteiger partial charge in [-0.15, -0.1) is 0 Å². The number of para-hydroxylation sites is 1. The standard InChI is InChI=1S/C22H30N4O/c1-2-25-15-13-17(14-16-25)23-22(27)21-19-11-7-4-8-12-20(19)26(24-21)18-9-5-3-6-10-18/h3,5-6,9-10,17H,2,4,7-8,11-16H2,1H3,(H,23,27). The van der Waals surface area contributed by atoms with Crippen molar-refractivity contribution in [1.82, 2.24) is 20.0 Å². The monoisotopic (exact) mass is 366 g/mol. The van der Waals surface area contributed by atoms with Gasteiger partial charge in [-0.25, -0.2) is 4.68 Å². The molecule has 1 aliphatic carbocycles. The molecule has 0 radical (unpaired) electrons. The topological polar surface area (TPSA) is 50.2 Å². The van der Waals surface area contributed by atoms with Gasteiger partial charge in [-0.1, -0.05) is 31.5 Å². The van der Waals surface area contributed by atoms with Gasteiger partial charge < -0.3 is 10.2 Å². The van der Waals surface area contributed by atoms with Crippen LogP contribution in [0.15, 0.2) is 30.3 Å². The summed E-state index contributed by atoms with van der Waals surface area (Å²) in [7, 11) is 0. The van der Waals surface area contributed by atoms with Crippen LogP contribution in [0, 0.1) is 0 Å². The lowest BCUT2D eigenvalue weighted by Crippen LogP contribution is -2.44. The molecule has 27 heavy (non-hydrogen) atoms. The van der Waals surface area contributed by atoms with Crippen molar-refractivity contribution in [2.45, 2.75) is 57.9 Å². The number of carbonyl (C=O) groups excluding carboxylic acids is 1. The quantitative estimate of drug-likeness (QED) is 0.844. The Balaban J connectivity index is 1.58. The molecule has 2 heterocycles. The van der Waals surface area contributed by atoms with Gasteiger partial charge in [-0.05, 0) is 57.2 Å². The summed E-state index contributed by atoms with van der Waals surface area (Å²) in [6, 6.07) is 10.5. The molecule has 0 spiro atoms. The number of likely N-dealkylation sites (tertiary alicyclic amines) is 1. The fourth-order valence-electron chi connectivity index (χ4n) is 4.39.